The summed E-state index contributed by atoms with van der Waals surface area (Å²) in [4.78, 5) is 5.28. The predicted molar refractivity (Wildman–Crippen MR) is 181 cm³/mol. The van der Waals surface area contributed by atoms with Gasteiger partial charge in [0.2, 0.25) is 0 Å². The zero-order valence-corrected chi connectivity index (χ0v) is 24.3. The van der Waals surface area contributed by atoms with E-state index < -0.39 is 0 Å². The molecular formula is C40H27NS. The number of pyridine rings is 1. The fourth-order valence-corrected chi connectivity index (χ4v) is 8.39. The minimum absolute atomic E-state index is 0.0597. The van der Waals surface area contributed by atoms with Crippen LogP contribution in [0.4, 0.5) is 0 Å². The Morgan fingerprint density at radius 1 is 0.500 bits per heavy atom. The van der Waals surface area contributed by atoms with Gasteiger partial charge in [-0.1, -0.05) is 117 Å². The van der Waals surface area contributed by atoms with E-state index in [0.717, 1.165) is 16.8 Å². The topological polar surface area (TPSA) is 12.9 Å². The van der Waals surface area contributed by atoms with E-state index in [0.29, 0.717) is 0 Å². The quantitative estimate of drug-likeness (QED) is 0.194. The molecule has 0 N–H and O–H groups in total. The zero-order chi connectivity index (χ0) is 28.0. The van der Waals surface area contributed by atoms with Crippen LogP contribution < -0.4 is 0 Å². The molecule has 1 nitrogen and oxygen atoms in total. The van der Waals surface area contributed by atoms with Gasteiger partial charge < -0.3 is 0 Å². The van der Waals surface area contributed by atoms with Crippen molar-refractivity contribution in [2.75, 3.05) is 0 Å². The second-order valence-corrected chi connectivity index (χ2v) is 13.0. The first-order valence-corrected chi connectivity index (χ1v) is 15.4. The third-order valence-electron chi connectivity index (χ3n) is 9.28. The van der Waals surface area contributed by atoms with Gasteiger partial charge in [0, 0.05) is 41.9 Å². The Bertz CT molecular complexity index is 2370. The van der Waals surface area contributed by atoms with Gasteiger partial charge in [0.05, 0.1) is 11.2 Å². The third-order valence-corrected chi connectivity index (χ3v) is 10.5. The Balaban J connectivity index is 1.25. The number of hydrogen-bond acceptors (Lipinski definition) is 2. The van der Waals surface area contributed by atoms with Gasteiger partial charge in [-0.05, 0) is 63.0 Å². The summed E-state index contributed by atoms with van der Waals surface area (Å²) in [7, 11) is 0. The molecule has 8 aromatic rings. The highest BCUT2D eigenvalue weighted by molar-refractivity contribution is 7.26. The van der Waals surface area contributed by atoms with Crippen molar-refractivity contribution in [3.63, 3.8) is 0 Å². The average molecular weight is 554 g/mol. The van der Waals surface area contributed by atoms with E-state index in [1.165, 1.54) is 69.7 Å². The van der Waals surface area contributed by atoms with Crippen LogP contribution in [0.1, 0.15) is 25.0 Å². The Labute approximate surface area is 248 Å². The minimum atomic E-state index is -0.0597. The maximum Gasteiger partial charge on any atom is 0.0788 e. The molecule has 198 valence electrons. The zero-order valence-electron chi connectivity index (χ0n) is 23.5. The lowest BCUT2D eigenvalue weighted by molar-refractivity contribution is 0.661. The Kier molecular flexibility index (Phi) is 4.89. The molecule has 0 unspecified atom stereocenters. The van der Waals surface area contributed by atoms with Gasteiger partial charge in [0.15, 0.2) is 0 Å². The van der Waals surface area contributed by atoms with Crippen LogP contribution in [0.15, 0.2) is 127 Å². The van der Waals surface area contributed by atoms with E-state index in [1.807, 2.05) is 11.3 Å². The number of para-hydroxylation sites is 1. The lowest BCUT2D eigenvalue weighted by Gasteiger charge is -2.22. The second-order valence-electron chi connectivity index (χ2n) is 11.9. The lowest BCUT2D eigenvalue weighted by Crippen LogP contribution is -2.14. The van der Waals surface area contributed by atoms with Crippen molar-refractivity contribution in [1.29, 1.82) is 0 Å². The van der Waals surface area contributed by atoms with Crippen molar-refractivity contribution in [3.05, 3.63) is 139 Å². The summed E-state index contributed by atoms with van der Waals surface area (Å²) >= 11 is 1.88. The van der Waals surface area contributed by atoms with Crippen LogP contribution >= 0.6 is 11.3 Å². The van der Waals surface area contributed by atoms with Gasteiger partial charge in [0.25, 0.3) is 0 Å². The molecule has 2 aromatic heterocycles. The largest absolute Gasteiger partial charge is 0.247 e. The van der Waals surface area contributed by atoms with E-state index in [1.54, 1.807) is 0 Å². The highest BCUT2D eigenvalue weighted by atomic mass is 32.1. The van der Waals surface area contributed by atoms with Crippen LogP contribution in [0, 0.1) is 0 Å². The maximum absolute atomic E-state index is 5.28. The SMILES string of the molecule is CC1(C)c2ccccc2-c2cc3c(cc21)c(-c1ccc(-c2cccc4c2sc2ccccc24)cc1)nc1ccccc13. The molecule has 9 rings (SSSR count). The molecule has 6 aromatic carbocycles. The number of rotatable bonds is 2. The van der Waals surface area contributed by atoms with Crippen molar-refractivity contribution in [1.82, 2.24) is 4.98 Å². The second kappa shape index (κ2) is 8.61. The Morgan fingerprint density at radius 2 is 1.19 bits per heavy atom. The normalized spacial score (nSPS) is 13.7. The highest BCUT2D eigenvalue weighted by Crippen LogP contribution is 2.51. The van der Waals surface area contributed by atoms with Crippen LogP contribution in [0.5, 0.6) is 0 Å². The molecule has 0 saturated heterocycles. The Morgan fingerprint density at radius 3 is 2.07 bits per heavy atom. The fraction of sp³-hybridized carbons (Fsp3) is 0.0750. The summed E-state index contributed by atoms with van der Waals surface area (Å²) in [6.07, 6.45) is 0. The number of aromatic nitrogens is 1. The molecule has 2 heterocycles. The van der Waals surface area contributed by atoms with E-state index in [9.17, 15) is 0 Å². The summed E-state index contributed by atoms with van der Waals surface area (Å²) in [6.45, 7) is 4.70. The number of nitrogens with zero attached hydrogens (tertiary/aromatic N) is 1. The van der Waals surface area contributed by atoms with E-state index in [4.69, 9.17) is 4.98 Å². The molecule has 0 spiro atoms. The van der Waals surface area contributed by atoms with E-state index in [-0.39, 0.29) is 5.41 Å². The van der Waals surface area contributed by atoms with Gasteiger partial charge >= 0.3 is 0 Å². The molecule has 0 radical (unpaired) electrons. The van der Waals surface area contributed by atoms with Crippen LogP contribution in [0.2, 0.25) is 0 Å². The number of hydrogen-bond donors (Lipinski definition) is 0. The molecule has 42 heavy (non-hydrogen) atoms. The number of benzene rings is 6. The molecule has 0 amide bonds. The van der Waals surface area contributed by atoms with E-state index >= 15 is 0 Å². The highest BCUT2D eigenvalue weighted by Gasteiger charge is 2.35. The smallest absolute Gasteiger partial charge is 0.0788 e. The molecule has 1 aliphatic carbocycles. The molecular weight excluding hydrogens is 527 g/mol. The van der Waals surface area contributed by atoms with Gasteiger partial charge in [0.1, 0.15) is 0 Å². The molecule has 2 heteroatoms. The summed E-state index contributed by atoms with van der Waals surface area (Å²) in [6, 6.07) is 46.7. The van der Waals surface area contributed by atoms with Gasteiger partial charge in [-0.3, -0.25) is 0 Å². The Hall–Kier alpha value is -4.79. The van der Waals surface area contributed by atoms with Crippen LogP contribution in [-0.4, -0.2) is 4.98 Å². The van der Waals surface area contributed by atoms with Gasteiger partial charge in [-0.2, -0.15) is 0 Å². The molecule has 0 saturated carbocycles. The van der Waals surface area contributed by atoms with Crippen LogP contribution in [0.3, 0.4) is 0 Å². The average Bonchev–Trinajstić information content (AvgIpc) is 3.52. The standard InChI is InChI=1S/C40H27NS/c1-40(2)34-15-6-3-10-27(34)32-22-31-28-11-4-7-16-36(28)41-38(33(31)23-35(32)40)25-20-18-24(19-21-25)26-13-9-14-30-29-12-5-8-17-37(29)42-39(26)30/h3-23H,1-2H3. The maximum atomic E-state index is 5.28. The minimum Gasteiger partial charge on any atom is -0.247 e. The predicted octanol–water partition coefficient (Wildman–Crippen LogP) is 11.4. The number of fused-ring (bicyclic) bond motifs is 9. The van der Waals surface area contributed by atoms with Gasteiger partial charge in [-0.15, -0.1) is 11.3 Å². The molecule has 0 atom stereocenters. The summed E-state index contributed by atoms with van der Waals surface area (Å²) in [5, 5.41) is 6.35. The van der Waals surface area contributed by atoms with Crippen molar-refractivity contribution >= 4 is 53.2 Å². The summed E-state index contributed by atoms with van der Waals surface area (Å²) < 4.78 is 2.68. The lowest BCUT2D eigenvalue weighted by atomic mass is 9.81. The molecule has 0 aliphatic heterocycles. The van der Waals surface area contributed by atoms with Crippen LogP contribution in [0.25, 0.3) is 75.4 Å². The fourth-order valence-electron chi connectivity index (χ4n) is 7.15. The van der Waals surface area contributed by atoms with Crippen LogP contribution in [-0.2, 0) is 5.41 Å². The first kappa shape index (κ1) is 23.9. The van der Waals surface area contributed by atoms with Crippen molar-refractivity contribution < 1.29 is 0 Å². The molecule has 0 bridgehead atoms. The van der Waals surface area contributed by atoms with E-state index in [2.05, 4.69) is 141 Å². The summed E-state index contributed by atoms with van der Waals surface area (Å²) in [5.74, 6) is 0. The first-order chi connectivity index (χ1) is 20.6. The third kappa shape index (κ3) is 3.27. The van der Waals surface area contributed by atoms with Crippen molar-refractivity contribution in [2.24, 2.45) is 0 Å². The van der Waals surface area contributed by atoms with Crippen molar-refractivity contribution in [3.8, 4) is 33.5 Å². The molecule has 0 fully saturated rings. The monoisotopic (exact) mass is 553 g/mol. The first-order valence-electron chi connectivity index (χ1n) is 14.6. The van der Waals surface area contributed by atoms with Gasteiger partial charge in [-0.25, -0.2) is 4.98 Å². The van der Waals surface area contributed by atoms with Crippen molar-refractivity contribution in [2.45, 2.75) is 19.3 Å². The molecule has 1 aliphatic rings. The number of thiophene rings is 1. The summed E-state index contributed by atoms with van der Waals surface area (Å²) in [5.41, 5.74) is 11.2.